The zero-order chi connectivity index (χ0) is 15.8. The second-order valence-corrected chi connectivity index (χ2v) is 6.40. The lowest BCUT2D eigenvalue weighted by molar-refractivity contribution is -0.121. The first kappa shape index (κ1) is 16.8. The Morgan fingerprint density at radius 2 is 1.91 bits per heavy atom. The van der Waals surface area contributed by atoms with Crippen molar-refractivity contribution in [2.45, 2.75) is 57.9 Å². The van der Waals surface area contributed by atoms with Crippen molar-refractivity contribution in [3.05, 3.63) is 30.1 Å². The van der Waals surface area contributed by atoms with Crippen LogP contribution < -0.4 is 10.6 Å². The Kier molecular flexibility index (Phi) is 6.69. The molecule has 122 valence electrons. The molecule has 1 fully saturated rings. The number of benzene rings is 1. The van der Waals surface area contributed by atoms with Crippen LogP contribution in [0, 0.1) is 11.7 Å². The smallest absolute Gasteiger partial charge is 0.220 e. The van der Waals surface area contributed by atoms with Crippen molar-refractivity contribution in [2.75, 3.05) is 11.9 Å². The Morgan fingerprint density at radius 1 is 1.23 bits per heavy atom. The molecule has 0 heterocycles. The maximum Gasteiger partial charge on any atom is 0.220 e. The highest BCUT2D eigenvalue weighted by molar-refractivity contribution is 5.76. The van der Waals surface area contributed by atoms with Gasteiger partial charge in [-0.05, 0) is 43.5 Å². The molecule has 0 saturated heterocycles. The highest BCUT2D eigenvalue weighted by atomic mass is 19.1. The highest BCUT2D eigenvalue weighted by Gasteiger charge is 2.15. The first-order valence-electron chi connectivity index (χ1n) is 8.42. The number of rotatable bonds is 7. The lowest BCUT2D eigenvalue weighted by atomic mass is 9.86. The summed E-state index contributed by atoms with van der Waals surface area (Å²) >= 11 is 0. The predicted molar refractivity (Wildman–Crippen MR) is 88.3 cm³/mol. The Bertz CT molecular complexity index is 455. The van der Waals surface area contributed by atoms with Crippen LogP contribution in [0.5, 0.6) is 0 Å². The van der Waals surface area contributed by atoms with Crippen LogP contribution >= 0.6 is 0 Å². The minimum absolute atomic E-state index is 0.0592. The third-order valence-corrected chi connectivity index (χ3v) is 4.37. The van der Waals surface area contributed by atoms with E-state index in [4.69, 9.17) is 0 Å². The summed E-state index contributed by atoms with van der Waals surface area (Å²) in [6.45, 7) is 2.62. The number of amides is 1. The Balaban J connectivity index is 1.62. The van der Waals surface area contributed by atoms with Gasteiger partial charge in [-0.25, -0.2) is 4.39 Å². The number of hydrogen-bond donors (Lipinski definition) is 2. The van der Waals surface area contributed by atoms with Gasteiger partial charge in [0.2, 0.25) is 5.91 Å². The van der Waals surface area contributed by atoms with Crippen LogP contribution in [0.2, 0.25) is 0 Å². The summed E-state index contributed by atoms with van der Waals surface area (Å²) < 4.78 is 12.8. The Morgan fingerprint density at radius 3 is 2.59 bits per heavy atom. The normalized spacial score (nSPS) is 17.0. The molecule has 22 heavy (non-hydrogen) atoms. The predicted octanol–water partition coefficient (Wildman–Crippen LogP) is 4.10. The first-order chi connectivity index (χ1) is 10.6. The molecule has 1 aromatic rings. The summed E-state index contributed by atoms with van der Waals surface area (Å²) in [5.41, 5.74) is 0.865. The summed E-state index contributed by atoms with van der Waals surface area (Å²) in [6.07, 6.45) is 8.22. The highest BCUT2D eigenvalue weighted by Crippen LogP contribution is 2.27. The Labute approximate surface area is 132 Å². The molecule has 1 aromatic carbocycles. The molecule has 0 unspecified atom stereocenters. The van der Waals surface area contributed by atoms with Gasteiger partial charge in [0.25, 0.3) is 0 Å². The van der Waals surface area contributed by atoms with E-state index in [0.717, 1.165) is 18.0 Å². The zero-order valence-electron chi connectivity index (χ0n) is 13.4. The van der Waals surface area contributed by atoms with E-state index in [1.165, 1.54) is 44.2 Å². The molecule has 1 amide bonds. The molecule has 0 spiro atoms. The molecular formula is C18H27FN2O. The average Bonchev–Trinajstić information content (AvgIpc) is 2.53. The van der Waals surface area contributed by atoms with E-state index in [2.05, 4.69) is 10.6 Å². The van der Waals surface area contributed by atoms with Crippen molar-refractivity contribution in [2.24, 2.45) is 5.92 Å². The molecule has 2 rings (SSSR count). The third-order valence-electron chi connectivity index (χ3n) is 4.37. The van der Waals surface area contributed by atoms with Crippen molar-refractivity contribution in [3.8, 4) is 0 Å². The van der Waals surface area contributed by atoms with Gasteiger partial charge in [-0.1, -0.05) is 32.1 Å². The molecule has 0 bridgehead atoms. The van der Waals surface area contributed by atoms with Gasteiger partial charge in [-0.15, -0.1) is 0 Å². The molecule has 1 saturated carbocycles. The van der Waals surface area contributed by atoms with E-state index in [0.29, 0.717) is 13.0 Å². The van der Waals surface area contributed by atoms with Crippen molar-refractivity contribution in [1.29, 1.82) is 0 Å². The minimum Gasteiger partial charge on any atom is -0.383 e. The van der Waals surface area contributed by atoms with Crippen LogP contribution in [0.15, 0.2) is 24.3 Å². The molecular weight excluding hydrogens is 279 g/mol. The largest absolute Gasteiger partial charge is 0.383 e. The average molecular weight is 306 g/mol. The van der Waals surface area contributed by atoms with Crippen molar-refractivity contribution < 1.29 is 9.18 Å². The quantitative estimate of drug-likeness (QED) is 0.796. The van der Waals surface area contributed by atoms with Crippen LogP contribution in [0.4, 0.5) is 10.1 Å². The monoisotopic (exact) mass is 306 g/mol. The molecule has 1 aliphatic carbocycles. The van der Waals surface area contributed by atoms with E-state index in [1.54, 1.807) is 12.1 Å². The maximum absolute atomic E-state index is 12.8. The molecule has 4 heteroatoms. The van der Waals surface area contributed by atoms with Crippen molar-refractivity contribution in [3.63, 3.8) is 0 Å². The molecule has 2 N–H and O–H groups in total. The summed E-state index contributed by atoms with van der Waals surface area (Å²) in [5, 5.41) is 6.23. The summed E-state index contributed by atoms with van der Waals surface area (Å²) in [5.74, 6) is 0.640. The maximum atomic E-state index is 12.8. The van der Waals surface area contributed by atoms with Crippen LogP contribution in [-0.2, 0) is 4.79 Å². The van der Waals surface area contributed by atoms with Gasteiger partial charge in [0, 0.05) is 24.7 Å². The number of nitrogens with one attached hydrogen (secondary N) is 2. The molecule has 0 radical (unpaired) electrons. The lowest BCUT2D eigenvalue weighted by Gasteiger charge is -2.21. The van der Waals surface area contributed by atoms with E-state index >= 15 is 0 Å². The second-order valence-electron chi connectivity index (χ2n) is 6.40. The van der Waals surface area contributed by atoms with Crippen LogP contribution in [0.3, 0.4) is 0 Å². The van der Waals surface area contributed by atoms with Gasteiger partial charge in [0.1, 0.15) is 5.82 Å². The lowest BCUT2D eigenvalue weighted by Crippen LogP contribution is -2.37. The molecule has 3 nitrogen and oxygen atoms in total. The Hall–Kier alpha value is -1.58. The van der Waals surface area contributed by atoms with Crippen LogP contribution in [-0.4, -0.2) is 18.5 Å². The molecule has 0 aromatic heterocycles. The van der Waals surface area contributed by atoms with Gasteiger partial charge in [-0.2, -0.15) is 0 Å². The van der Waals surface area contributed by atoms with Crippen LogP contribution in [0.25, 0.3) is 0 Å². The fourth-order valence-electron chi connectivity index (χ4n) is 3.05. The van der Waals surface area contributed by atoms with E-state index in [-0.39, 0.29) is 17.8 Å². The van der Waals surface area contributed by atoms with Gasteiger partial charge < -0.3 is 10.6 Å². The second kappa shape index (κ2) is 8.76. The van der Waals surface area contributed by atoms with E-state index in [1.807, 2.05) is 6.92 Å². The topological polar surface area (TPSA) is 41.1 Å². The summed E-state index contributed by atoms with van der Waals surface area (Å²) in [4.78, 5) is 12.0. The standard InChI is InChI=1S/C18H27FN2O/c1-14(13-20-17-10-8-16(19)9-11-17)21-18(22)12-7-15-5-3-2-4-6-15/h8-11,14-15,20H,2-7,12-13H2,1H3,(H,21,22)/t14-/m0/s1. The van der Waals surface area contributed by atoms with E-state index in [9.17, 15) is 9.18 Å². The third kappa shape index (κ3) is 6.04. The van der Waals surface area contributed by atoms with Gasteiger partial charge in [0.15, 0.2) is 0 Å². The molecule has 0 aliphatic heterocycles. The van der Waals surface area contributed by atoms with E-state index < -0.39 is 0 Å². The number of anilines is 1. The summed E-state index contributed by atoms with van der Waals surface area (Å²) in [6, 6.07) is 6.31. The zero-order valence-corrected chi connectivity index (χ0v) is 13.4. The van der Waals surface area contributed by atoms with Crippen molar-refractivity contribution in [1.82, 2.24) is 5.32 Å². The van der Waals surface area contributed by atoms with Crippen molar-refractivity contribution >= 4 is 11.6 Å². The fraction of sp³-hybridized carbons (Fsp3) is 0.611. The number of carbonyl (C=O) groups excluding carboxylic acids is 1. The number of hydrogen-bond acceptors (Lipinski definition) is 2. The minimum atomic E-state index is -0.241. The van der Waals surface area contributed by atoms with Gasteiger partial charge in [0.05, 0.1) is 0 Å². The summed E-state index contributed by atoms with van der Waals surface area (Å²) in [7, 11) is 0. The number of halogens is 1. The molecule has 1 aliphatic rings. The van der Waals surface area contributed by atoms with Crippen LogP contribution in [0.1, 0.15) is 51.9 Å². The SMILES string of the molecule is C[C@@H](CNc1ccc(F)cc1)NC(=O)CCC1CCCCC1. The van der Waals surface area contributed by atoms with Gasteiger partial charge >= 0.3 is 0 Å². The van der Waals surface area contributed by atoms with Gasteiger partial charge in [-0.3, -0.25) is 4.79 Å². The number of carbonyl (C=O) groups is 1. The molecule has 1 atom stereocenters. The fourth-order valence-corrected chi connectivity index (χ4v) is 3.05. The first-order valence-corrected chi connectivity index (χ1v) is 8.42.